The van der Waals surface area contributed by atoms with Crippen molar-refractivity contribution >= 4 is 0 Å². The van der Waals surface area contributed by atoms with E-state index in [1.54, 1.807) is 0 Å². The zero-order chi connectivity index (χ0) is 0. The van der Waals surface area contributed by atoms with Crippen molar-refractivity contribution in [3.63, 3.8) is 0 Å². The Kier molecular flexibility index (Phi) is 520000000. The summed E-state index contributed by atoms with van der Waals surface area (Å²) < 4.78 is 0. The van der Waals surface area contributed by atoms with Crippen LogP contribution < -0.4 is 0 Å². The molecule has 20 nitrogen and oxygen atoms in total. The van der Waals surface area contributed by atoms with Gasteiger partial charge in [-0.15, -0.1) is 0 Å². The normalized spacial score (nSPS) is 0. The fourth-order valence-electron chi connectivity index (χ4n) is 0. The van der Waals surface area contributed by atoms with Crippen LogP contribution in [0, 0.1) is 0 Å². The van der Waals surface area contributed by atoms with Gasteiger partial charge in [0.15, 0.2) is 0 Å². The minimum Gasteiger partial charge on any atom is -0.412 e. The van der Waals surface area contributed by atoms with Crippen LogP contribution in [0.2, 0.25) is 0 Å². The average Bonchev–Trinajstić information content (AvgIpc) is 0. The Hall–Kier alpha value is -0.268. The van der Waals surface area contributed by atoms with Crippen molar-refractivity contribution < 1.29 is 127 Å². The van der Waals surface area contributed by atoms with Crippen LogP contribution in [-0.2, 0) is 17.4 Å². The molecule has 0 bridgehead atoms. The smallest absolute Gasteiger partial charge is 0 e. The largest absolute Gasteiger partial charge is 0.412 e. The molecule has 166 valence electrons. The quantitative estimate of drug-likeness (QED) is 0.357. The Labute approximate surface area is 128 Å². The fraction of sp³-hybridized carbons (Fsp3) is 0. The van der Waals surface area contributed by atoms with Crippen LogP contribution in [0.15, 0.2) is 0 Å². The maximum Gasteiger partial charge on any atom is 0 e. The monoisotopic (exact) mass is 412 g/mol. The molecule has 0 fully saturated rings. The average molecular weight is 412 g/mol. The first-order chi connectivity index (χ1) is 0. The molecule has 0 aliphatic heterocycles. The molecule has 0 heterocycles. The van der Waals surface area contributed by atoms with E-state index >= 15 is 0 Å². The van der Waals surface area contributed by atoms with Crippen LogP contribution >= 0.6 is 0 Å². The Morgan fingerprint density at radius 3 is 0.0952 bits per heavy atom. The first-order valence-electron chi connectivity index (χ1n) is 0. The van der Waals surface area contributed by atoms with Crippen LogP contribution in [-0.4, -0.2) is 110 Å². The van der Waals surface area contributed by atoms with E-state index < -0.39 is 0 Å². The molecule has 0 aliphatic carbocycles. The second kappa shape index (κ2) is 96700. The van der Waals surface area contributed by atoms with Gasteiger partial charge in [-0.2, -0.15) is 0 Å². The van der Waals surface area contributed by atoms with Crippen molar-refractivity contribution in [1.29, 1.82) is 0 Å². The van der Waals surface area contributed by atoms with Gasteiger partial charge in [0.05, 0.1) is 0 Å². The van der Waals surface area contributed by atoms with Crippen molar-refractivity contribution in [2.24, 2.45) is 0 Å². The zero-order valence-electron chi connectivity index (χ0n) is 10.4. The van der Waals surface area contributed by atoms with E-state index in [1.807, 2.05) is 0 Å². The molecule has 40 N–H and O–H groups in total. The van der Waals surface area contributed by atoms with Gasteiger partial charge >= 0.3 is 0 Å². The van der Waals surface area contributed by atoms with E-state index in [0.717, 1.165) is 0 Å². The van der Waals surface area contributed by atoms with Gasteiger partial charge < -0.3 is 110 Å². The van der Waals surface area contributed by atoms with E-state index in [2.05, 4.69) is 0 Å². The summed E-state index contributed by atoms with van der Waals surface area (Å²) >= 11 is 0. The van der Waals surface area contributed by atoms with Crippen LogP contribution in [0.3, 0.4) is 0 Å². The van der Waals surface area contributed by atoms with Crippen LogP contribution in [0.1, 0.15) is 0 Å². The Morgan fingerprint density at radius 2 is 0.0952 bits per heavy atom. The molecule has 0 spiro atoms. The standard InChI is InChI=1S/Cr.20H2O/h;20*1H2. The number of hydrogen-bond donors (Lipinski definition) is 0. The summed E-state index contributed by atoms with van der Waals surface area (Å²) in [5, 5.41) is 0. The molecule has 0 amide bonds. The SMILES string of the molecule is O.O.O.O.O.O.O.O.O.O.O.O.O.O.O.O.O.O.O.O.[Cr]. The second-order valence-electron chi connectivity index (χ2n) is 0. The van der Waals surface area contributed by atoms with E-state index in [9.17, 15) is 0 Å². The van der Waals surface area contributed by atoms with Gasteiger partial charge in [0, 0.05) is 17.4 Å². The van der Waals surface area contributed by atoms with E-state index in [0.29, 0.717) is 0 Å². The Balaban J connectivity index is 0. The fourth-order valence-corrected chi connectivity index (χ4v) is 0. The molecule has 0 aliphatic rings. The van der Waals surface area contributed by atoms with Crippen molar-refractivity contribution in [3.05, 3.63) is 0 Å². The molecule has 21 heteroatoms. The molecule has 0 saturated heterocycles. The summed E-state index contributed by atoms with van der Waals surface area (Å²) in [5.74, 6) is 0. The van der Waals surface area contributed by atoms with Crippen LogP contribution in [0.4, 0.5) is 0 Å². The van der Waals surface area contributed by atoms with Crippen LogP contribution in [0.25, 0.3) is 0 Å². The zero-order valence-corrected chi connectivity index (χ0v) is 11.7. The minimum atomic E-state index is 0. The minimum absolute atomic E-state index is 0. The van der Waals surface area contributed by atoms with Gasteiger partial charge in [-0.05, 0) is 0 Å². The first-order valence-corrected chi connectivity index (χ1v) is 0. The van der Waals surface area contributed by atoms with E-state index in [4.69, 9.17) is 0 Å². The summed E-state index contributed by atoms with van der Waals surface area (Å²) in [6.45, 7) is 0. The third-order valence-electron chi connectivity index (χ3n) is 0. The maximum atomic E-state index is 0. The summed E-state index contributed by atoms with van der Waals surface area (Å²) in [5.41, 5.74) is 0. The molecule has 0 unspecified atom stereocenters. The van der Waals surface area contributed by atoms with Gasteiger partial charge in [0.25, 0.3) is 0 Å². The topological polar surface area (TPSA) is 630 Å². The van der Waals surface area contributed by atoms with Crippen molar-refractivity contribution in [1.82, 2.24) is 0 Å². The van der Waals surface area contributed by atoms with Gasteiger partial charge in [0.2, 0.25) is 0 Å². The van der Waals surface area contributed by atoms with Crippen molar-refractivity contribution in [2.45, 2.75) is 0 Å². The van der Waals surface area contributed by atoms with Gasteiger partial charge in [-0.1, -0.05) is 0 Å². The summed E-state index contributed by atoms with van der Waals surface area (Å²) in [6, 6.07) is 0. The van der Waals surface area contributed by atoms with Gasteiger partial charge in [-0.3, -0.25) is 0 Å². The third kappa shape index (κ3) is 86700. The van der Waals surface area contributed by atoms with Gasteiger partial charge in [0.1, 0.15) is 0 Å². The summed E-state index contributed by atoms with van der Waals surface area (Å²) in [6.07, 6.45) is 0. The number of rotatable bonds is 0. The molecular weight excluding hydrogens is 372 g/mol. The molecule has 0 aromatic rings. The van der Waals surface area contributed by atoms with E-state index in [1.165, 1.54) is 0 Å². The molecular formula is H40CrO20. The Bertz CT molecular complexity index is 5.80. The predicted molar refractivity (Wildman–Crippen MR) is 72.3 cm³/mol. The Morgan fingerprint density at radius 1 is 0.0952 bits per heavy atom. The third-order valence-corrected chi connectivity index (χ3v) is 0. The molecule has 0 aromatic heterocycles. The maximum absolute atomic E-state index is 0. The molecule has 21 heavy (non-hydrogen) atoms. The molecule has 0 atom stereocenters. The molecule has 0 aromatic carbocycles. The predicted octanol–water partition coefficient (Wildman–Crippen LogP) is -16.5. The van der Waals surface area contributed by atoms with Gasteiger partial charge in [-0.25, -0.2) is 0 Å². The molecule has 0 radical (unpaired) electrons. The van der Waals surface area contributed by atoms with Crippen molar-refractivity contribution in [3.8, 4) is 0 Å². The summed E-state index contributed by atoms with van der Waals surface area (Å²) in [7, 11) is 0. The molecule has 0 rings (SSSR count). The summed E-state index contributed by atoms with van der Waals surface area (Å²) in [4.78, 5) is 0. The van der Waals surface area contributed by atoms with Crippen LogP contribution in [0.5, 0.6) is 0 Å². The van der Waals surface area contributed by atoms with E-state index in [-0.39, 0.29) is 127 Å². The second-order valence-corrected chi connectivity index (χ2v) is 0. The molecule has 0 saturated carbocycles. The first kappa shape index (κ1) is 113000. The number of hydrogen-bond acceptors (Lipinski definition) is 0. The van der Waals surface area contributed by atoms with Crippen molar-refractivity contribution in [2.75, 3.05) is 0 Å².